The number of aromatic nitrogens is 2. The highest BCUT2D eigenvalue weighted by Gasteiger charge is 2.20. The second-order valence-corrected chi connectivity index (χ2v) is 6.21. The zero-order valence-electron chi connectivity index (χ0n) is 13.5. The number of nitrogens with one attached hydrogen (secondary N) is 1. The number of halogens is 1. The van der Waals surface area contributed by atoms with E-state index in [-0.39, 0.29) is 11.9 Å². The van der Waals surface area contributed by atoms with Crippen LogP contribution in [0.15, 0.2) is 45.6 Å². The van der Waals surface area contributed by atoms with E-state index in [0.29, 0.717) is 29.1 Å². The number of hydrogen-bond acceptors (Lipinski definition) is 4. The lowest BCUT2D eigenvalue weighted by atomic mass is 10.2. The van der Waals surface area contributed by atoms with Crippen LogP contribution >= 0.6 is 15.9 Å². The van der Waals surface area contributed by atoms with Gasteiger partial charge in [-0.05, 0) is 35.0 Å². The largest absolute Gasteiger partial charge is 0.448 e. The zero-order valence-corrected chi connectivity index (χ0v) is 15.0. The van der Waals surface area contributed by atoms with Crippen LogP contribution in [-0.4, -0.2) is 29.2 Å². The fourth-order valence-corrected chi connectivity index (χ4v) is 2.99. The lowest BCUT2D eigenvalue weighted by molar-refractivity contribution is 0.0927. The molecule has 1 amide bonds. The summed E-state index contributed by atoms with van der Waals surface area (Å²) in [6.07, 6.45) is 1.71. The summed E-state index contributed by atoms with van der Waals surface area (Å²) in [4.78, 5) is 17.0. The van der Waals surface area contributed by atoms with Crippen LogP contribution in [0.1, 0.15) is 29.1 Å². The number of pyridine rings is 1. The minimum Gasteiger partial charge on any atom is -0.448 e. The number of amides is 1. The van der Waals surface area contributed by atoms with Gasteiger partial charge in [-0.15, -0.1) is 0 Å². The summed E-state index contributed by atoms with van der Waals surface area (Å²) in [5, 5.41) is 2.98. The average Bonchev–Trinajstić information content (AvgIpc) is 3.10. The Morgan fingerprint density at radius 2 is 2.29 bits per heavy atom. The van der Waals surface area contributed by atoms with E-state index in [1.165, 1.54) is 0 Å². The molecular weight excluding hydrogens is 374 g/mol. The highest BCUT2D eigenvalue weighted by Crippen LogP contribution is 2.27. The van der Waals surface area contributed by atoms with Crippen molar-refractivity contribution in [1.29, 1.82) is 0 Å². The van der Waals surface area contributed by atoms with Crippen molar-refractivity contribution in [1.82, 2.24) is 14.9 Å². The number of fused-ring (bicyclic) bond motifs is 1. The van der Waals surface area contributed by atoms with Crippen LogP contribution in [0.4, 0.5) is 0 Å². The normalized spacial score (nSPS) is 12.5. The first-order valence-corrected chi connectivity index (χ1v) is 8.38. The number of furan rings is 1. The van der Waals surface area contributed by atoms with Crippen LogP contribution in [0.3, 0.4) is 0 Å². The van der Waals surface area contributed by atoms with E-state index in [1.807, 2.05) is 35.8 Å². The Labute approximate surface area is 147 Å². The maximum atomic E-state index is 12.7. The van der Waals surface area contributed by atoms with Gasteiger partial charge < -0.3 is 19.0 Å². The number of carbonyl (C=O) groups excluding carboxylic acids is 1. The molecule has 0 bridgehead atoms. The molecule has 0 aliphatic heterocycles. The Morgan fingerprint density at radius 3 is 3.00 bits per heavy atom. The van der Waals surface area contributed by atoms with Crippen molar-refractivity contribution < 1.29 is 13.9 Å². The Morgan fingerprint density at radius 1 is 1.46 bits per heavy atom. The molecule has 7 heteroatoms. The van der Waals surface area contributed by atoms with Crippen LogP contribution in [0.5, 0.6) is 0 Å². The quantitative estimate of drug-likeness (QED) is 0.697. The van der Waals surface area contributed by atoms with Crippen molar-refractivity contribution in [3.8, 4) is 0 Å². The van der Waals surface area contributed by atoms with Crippen LogP contribution in [0.25, 0.3) is 11.1 Å². The number of ether oxygens (including phenoxy) is 1. The molecule has 0 fully saturated rings. The van der Waals surface area contributed by atoms with Crippen molar-refractivity contribution in [2.75, 3.05) is 13.7 Å². The van der Waals surface area contributed by atoms with E-state index in [2.05, 4.69) is 26.2 Å². The third kappa shape index (κ3) is 3.37. The molecule has 1 atom stereocenters. The monoisotopic (exact) mass is 391 g/mol. The molecule has 24 heavy (non-hydrogen) atoms. The molecule has 6 nitrogen and oxygen atoms in total. The summed E-state index contributed by atoms with van der Waals surface area (Å²) in [5.74, 6) is -0.174. The molecule has 0 aromatic carbocycles. The van der Waals surface area contributed by atoms with Crippen LogP contribution in [-0.2, 0) is 11.3 Å². The second kappa shape index (κ2) is 7.19. The molecule has 0 aliphatic rings. The van der Waals surface area contributed by atoms with E-state index in [1.54, 1.807) is 19.4 Å². The summed E-state index contributed by atoms with van der Waals surface area (Å²) in [6.45, 7) is 2.97. The van der Waals surface area contributed by atoms with Gasteiger partial charge in [0.1, 0.15) is 5.69 Å². The summed E-state index contributed by atoms with van der Waals surface area (Å²) >= 11 is 3.32. The molecule has 0 saturated heterocycles. The van der Waals surface area contributed by atoms with E-state index < -0.39 is 0 Å². The molecule has 0 spiro atoms. The standard InChI is InChI=1S/C17H18BrN3O3/c1-11(12-5-3-4-6-19-12)20-17(22)14-9-15-13(10-16(18)24-15)21(14)7-8-23-2/h3-6,9-11H,7-8H2,1-2H3,(H,20,22). The minimum absolute atomic E-state index is 0.174. The van der Waals surface area contributed by atoms with Gasteiger partial charge in [-0.1, -0.05) is 6.07 Å². The summed E-state index contributed by atoms with van der Waals surface area (Å²) in [6, 6.07) is 9.04. The third-order valence-electron chi connectivity index (χ3n) is 3.79. The first kappa shape index (κ1) is 16.7. The molecule has 1 unspecified atom stereocenters. The number of methoxy groups -OCH3 is 1. The number of nitrogens with zero attached hydrogens (tertiary/aromatic N) is 2. The van der Waals surface area contributed by atoms with Gasteiger partial charge in [0.25, 0.3) is 5.91 Å². The molecule has 126 valence electrons. The maximum absolute atomic E-state index is 12.7. The topological polar surface area (TPSA) is 69.3 Å². The van der Waals surface area contributed by atoms with Crippen LogP contribution in [0, 0.1) is 0 Å². The van der Waals surface area contributed by atoms with Crippen molar-refractivity contribution in [3.05, 3.63) is 52.6 Å². The molecule has 3 aromatic heterocycles. The van der Waals surface area contributed by atoms with E-state index in [0.717, 1.165) is 11.2 Å². The van der Waals surface area contributed by atoms with Gasteiger partial charge in [0.05, 0.1) is 23.9 Å². The highest BCUT2D eigenvalue weighted by molar-refractivity contribution is 9.10. The summed E-state index contributed by atoms with van der Waals surface area (Å²) in [5.41, 5.74) is 2.87. The molecule has 0 saturated carbocycles. The first-order valence-electron chi connectivity index (χ1n) is 7.59. The van der Waals surface area contributed by atoms with Crippen LogP contribution in [0.2, 0.25) is 0 Å². The Balaban J connectivity index is 1.87. The van der Waals surface area contributed by atoms with Crippen LogP contribution < -0.4 is 5.32 Å². The van der Waals surface area contributed by atoms with Crippen molar-refractivity contribution in [2.45, 2.75) is 19.5 Å². The van der Waals surface area contributed by atoms with Crippen molar-refractivity contribution >= 4 is 32.9 Å². The second-order valence-electron chi connectivity index (χ2n) is 5.42. The molecule has 3 rings (SSSR count). The van der Waals surface area contributed by atoms with Gasteiger partial charge in [-0.3, -0.25) is 9.78 Å². The summed E-state index contributed by atoms with van der Waals surface area (Å²) in [7, 11) is 1.63. The van der Waals surface area contributed by atoms with Gasteiger partial charge in [0.2, 0.25) is 0 Å². The molecule has 3 aromatic rings. The predicted octanol–water partition coefficient (Wildman–Crippen LogP) is 3.53. The minimum atomic E-state index is -0.192. The fourth-order valence-electron chi connectivity index (χ4n) is 2.60. The van der Waals surface area contributed by atoms with Gasteiger partial charge in [-0.25, -0.2) is 0 Å². The molecule has 0 aliphatic carbocycles. The maximum Gasteiger partial charge on any atom is 0.268 e. The predicted molar refractivity (Wildman–Crippen MR) is 93.9 cm³/mol. The smallest absolute Gasteiger partial charge is 0.268 e. The lowest BCUT2D eigenvalue weighted by Crippen LogP contribution is -2.29. The van der Waals surface area contributed by atoms with Crippen molar-refractivity contribution in [3.63, 3.8) is 0 Å². The lowest BCUT2D eigenvalue weighted by Gasteiger charge is -2.15. The zero-order chi connectivity index (χ0) is 17.1. The number of hydrogen-bond donors (Lipinski definition) is 1. The van der Waals surface area contributed by atoms with Gasteiger partial charge in [-0.2, -0.15) is 0 Å². The Hall–Kier alpha value is -2.12. The van der Waals surface area contributed by atoms with E-state index in [4.69, 9.17) is 9.15 Å². The Bertz CT molecular complexity index is 842. The molecule has 1 N–H and O–H groups in total. The fraction of sp³-hybridized carbons (Fsp3) is 0.294. The highest BCUT2D eigenvalue weighted by atomic mass is 79.9. The SMILES string of the molecule is COCCn1c(C(=O)NC(C)c2ccccn2)cc2oc(Br)cc21. The third-order valence-corrected chi connectivity index (χ3v) is 4.18. The Kier molecular flexibility index (Phi) is 5.01. The number of carbonyl (C=O) groups is 1. The number of rotatable bonds is 6. The van der Waals surface area contributed by atoms with E-state index in [9.17, 15) is 4.79 Å². The molecular formula is C17H18BrN3O3. The van der Waals surface area contributed by atoms with Gasteiger partial charge in [0.15, 0.2) is 10.3 Å². The van der Waals surface area contributed by atoms with Crippen molar-refractivity contribution in [2.24, 2.45) is 0 Å². The molecule has 0 radical (unpaired) electrons. The summed E-state index contributed by atoms with van der Waals surface area (Å²) < 4.78 is 13.3. The van der Waals surface area contributed by atoms with Gasteiger partial charge in [0, 0.05) is 32.0 Å². The first-order chi connectivity index (χ1) is 11.6. The molecule has 3 heterocycles. The van der Waals surface area contributed by atoms with E-state index >= 15 is 0 Å². The van der Waals surface area contributed by atoms with Gasteiger partial charge >= 0.3 is 0 Å². The average molecular weight is 392 g/mol.